The number of amides is 1. The van der Waals surface area contributed by atoms with Gasteiger partial charge < -0.3 is 15.2 Å². The van der Waals surface area contributed by atoms with E-state index in [1.165, 1.54) is 6.26 Å². The van der Waals surface area contributed by atoms with Crippen LogP contribution in [0.2, 0.25) is 0 Å². The number of primary amides is 1. The van der Waals surface area contributed by atoms with E-state index in [2.05, 4.69) is 0 Å². The summed E-state index contributed by atoms with van der Waals surface area (Å²) in [5, 5.41) is -0.719. The lowest BCUT2D eigenvalue weighted by atomic mass is 10.2. The lowest BCUT2D eigenvalue weighted by Crippen LogP contribution is -2.23. The zero-order valence-corrected chi connectivity index (χ0v) is 6.50. The summed E-state index contributed by atoms with van der Waals surface area (Å²) in [6, 6.07) is 0. The maximum atomic E-state index is 10.5. The molecule has 4 nitrogen and oxygen atoms in total. The molecule has 0 aliphatic carbocycles. The van der Waals surface area contributed by atoms with Crippen LogP contribution in [0.4, 0.5) is 0 Å². The summed E-state index contributed by atoms with van der Waals surface area (Å²) < 4.78 is 9.66. The second-order valence-electron chi connectivity index (χ2n) is 2.09. The summed E-state index contributed by atoms with van der Waals surface area (Å²) >= 11 is 5.54. The Labute approximate surface area is 68.9 Å². The van der Waals surface area contributed by atoms with Crippen molar-refractivity contribution < 1.29 is 14.3 Å². The van der Waals surface area contributed by atoms with Crippen LogP contribution in [0.1, 0.15) is 6.42 Å². The van der Waals surface area contributed by atoms with E-state index in [4.69, 9.17) is 26.8 Å². The van der Waals surface area contributed by atoms with Crippen LogP contribution < -0.4 is 5.73 Å². The fourth-order valence-corrected chi connectivity index (χ4v) is 0.807. The Hall–Kier alpha value is -0.900. The number of alkyl halides is 1. The molecule has 0 aromatic rings. The van der Waals surface area contributed by atoms with Gasteiger partial charge in [-0.05, 0) is 0 Å². The van der Waals surface area contributed by atoms with Crippen molar-refractivity contribution in [1.29, 1.82) is 0 Å². The van der Waals surface area contributed by atoms with Crippen molar-refractivity contribution in [1.82, 2.24) is 0 Å². The van der Waals surface area contributed by atoms with Crippen molar-refractivity contribution in [3.63, 3.8) is 0 Å². The third-order valence-corrected chi connectivity index (χ3v) is 1.59. The average molecular weight is 178 g/mol. The van der Waals surface area contributed by atoms with E-state index in [1.54, 1.807) is 0 Å². The predicted octanol–water partition coefficient (Wildman–Crippen LogP) is 0.315. The number of carbonyl (C=O) groups is 1. The number of hydrogen-bond acceptors (Lipinski definition) is 3. The first-order valence-electron chi connectivity index (χ1n) is 3.07. The number of halogens is 1. The molecule has 0 saturated carbocycles. The number of ether oxygens (including phenoxy) is 2. The monoisotopic (exact) mass is 177 g/mol. The van der Waals surface area contributed by atoms with Crippen LogP contribution in [-0.4, -0.2) is 18.1 Å². The van der Waals surface area contributed by atoms with Gasteiger partial charge in [-0.15, -0.1) is 11.6 Å². The van der Waals surface area contributed by atoms with Gasteiger partial charge in [0, 0.05) is 6.42 Å². The van der Waals surface area contributed by atoms with Gasteiger partial charge in [0.25, 0.3) is 0 Å². The normalized spacial score (nSPS) is 18.1. The van der Waals surface area contributed by atoms with Crippen LogP contribution in [0.5, 0.6) is 0 Å². The SMILES string of the molecule is NC(=O)C(Cl)CC1=COCO1. The first kappa shape index (κ1) is 8.20. The molecule has 0 aromatic carbocycles. The lowest BCUT2D eigenvalue weighted by Gasteiger charge is -2.03. The summed E-state index contributed by atoms with van der Waals surface area (Å²) in [5.74, 6) is 0.00636. The van der Waals surface area contributed by atoms with Crippen LogP contribution >= 0.6 is 11.6 Å². The number of hydrogen-bond donors (Lipinski definition) is 1. The first-order chi connectivity index (χ1) is 5.20. The molecule has 0 bridgehead atoms. The molecular weight excluding hydrogens is 170 g/mol. The van der Waals surface area contributed by atoms with Crippen molar-refractivity contribution in [2.75, 3.05) is 6.79 Å². The molecule has 1 aliphatic heterocycles. The molecule has 1 unspecified atom stereocenters. The summed E-state index contributed by atoms with van der Waals surface area (Å²) in [4.78, 5) is 10.5. The summed E-state index contributed by atoms with van der Waals surface area (Å²) in [6.45, 7) is 0.192. The molecule has 62 valence electrons. The Morgan fingerprint density at radius 2 is 2.64 bits per heavy atom. The smallest absolute Gasteiger partial charge is 0.235 e. The van der Waals surface area contributed by atoms with E-state index < -0.39 is 11.3 Å². The van der Waals surface area contributed by atoms with Crippen LogP contribution in [0.25, 0.3) is 0 Å². The van der Waals surface area contributed by atoms with Gasteiger partial charge in [0.2, 0.25) is 12.7 Å². The maximum Gasteiger partial charge on any atom is 0.235 e. The molecule has 0 fully saturated rings. The highest BCUT2D eigenvalue weighted by atomic mass is 35.5. The van der Waals surface area contributed by atoms with Crippen LogP contribution in [0.3, 0.4) is 0 Å². The van der Waals surface area contributed by atoms with Crippen molar-refractivity contribution in [3.8, 4) is 0 Å². The van der Waals surface area contributed by atoms with Crippen LogP contribution in [0.15, 0.2) is 12.0 Å². The molecule has 11 heavy (non-hydrogen) atoms. The quantitative estimate of drug-likeness (QED) is 0.632. The number of rotatable bonds is 3. The molecule has 1 aliphatic rings. The predicted molar refractivity (Wildman–Crippen MR) is 38.6 cm³/mol. The molecule has 5 heteroatoms. The van der Waals surface area contributed by atoms with E-state index in [1.807, 2.05) is 0 Å². The molecule has 1 amide bonds. The van der Waals surface area contributed by atoms with Gasteiger partial charge in [-0.2, -0.15) is 0 Å². The van der Waals surface area contributed by atoms with Crippen LogP contribution in [-0.2, 0) is 14.3 Å². The third-order valence-electron chi connectivity index (χ3n) is 1.22. The Kier molecular flexibility index (Phi) is 2.59. The van der Waals surface area contributed by atoms with E-state index in [0.717, 1.165) is 0 Å². The fourth-order valence-electron chi connectivity index (χ4n) is 0.655. The number of allylic oxidation sites excluding steroid dienone is 1. The molecule has 2 N–H and O–H groups in total. The number of carbonyl (C=O) groups excluding carboxylic acids is 1. The van der Waals surface area contributed by atoms with E-state index in [0.29, 0.717) is 5.76 Å². The highest BCUT2D eigenvalue weighted by molar-refractivity contribution is 6.30. The van der Waals surface area contributed by atoms with Crippen LogP contribution in [0, 0.1) is 0 Å². The molecule has 1 heterocycles. The second kappa shape index (κ2) is 3.48. The summed E-state index contributed by atoms with van der Waals surface area (Å²) in [6.07, 6.45) is 1.72. The van der Waals surface area contributed by atoms with Gasteiger partial charge in [0.15, 0.2) is 0 Å². The van der Waals surface area contributed by atoms with Gasteiger partial charge in [0.05, 0.1) is 0 Å². The minimum absolute atomic E-state index is 0.192. The second-order valence-corrected chi connectivity index (χ2v) is 2.61. The van der Waals surface area contributed by atoms with Gasteiger partial charge in [-0.3, -0.25) is 4.79 Å². The molecule has 0 aromatic heterocycles. The highest BCUT2D eigenvalue weighted by Gasteiger charge is 2.17. The maximum absolute atomic E-state index is 10.5. The molecule has 1 rings (SSSR count). The molecule has 1 atom stereocenters. The summed E-state index contributed by atoms with van der Waals surface area (Å²) in [5.41, 5.74) is 4.92. The lowest BCUT2D eigenvalue weighted by molar-refractivity contribution is -0.117. The van der Waals surface area contributed by atoms with Gasteiger partial charge in [-0.25, -0.2) is 0 Å². The van der Waals surface area contributed by atoms with Crippen molar-refractivity contribution in [2.45, 2.75) is 11.8 Å². The summed E-state index contributed by atoms with van der Waals surface area (Å²) in [7, 11) is 0. The van der Waals surface area contributed by atoms with Gasteiger partial charge in [0.1, 0.15) is 17.4 Å². The Bertz CT molecular complexity index is 192. The zero-order valence-electron chi connectivity index (χ0n) is 5.75. The number of nitrogens with two attached hydrogens (primary N) is 1. The van der Waals surface area contributed by atoms with E-state index >= 15 is 0 Å². The Morgan fingerprint density at radius 1 is 1.91 bits per heavy atom. The van der Waals surface area contributed by atoms with E-state index in [9.17, 15) is 4.79 Å². The van der Waals surface area contributed by atoms with Gasteiger partial charge in [-0.1, -0.05) is 0 Å². The molecule has 0 saturated heterocycles. The third kappa shape index (κ3) is 2.31. The van der Waals surface area contributed by atoms with Gasteiger partial charge >= 0.3 is 0 Å². The largest absolute Gasteiger partial charge is 0.462 e. The average Bonchev–Trinajstić information content (AvgIpc) is 2.39. The highest BCUT2D eigenvalue weighted by Crippen LogP contribution is 2.15. The van der Waals surface area contributed by atoms with E-state index in [-0.39, 0.29) is 13.2 Å². The first-order valence-corrected chi connectivity index (χ1v) is 3.50. The van der Waals surface area contributed by atoms with Crippen molar-refractivity contribution >= 4 is 17.5 Å². The fraction of sp³-hybridized carbons (Fsp3) is 0.500. The standard InChI is InChI=1S/C6H8ClNO3/c7-5(6(8)9)1-4-2-10-3-11-4/h2,5H,1,3H2,(H2,8,9). The topological polar surface area (TPSA) is 61.6 Å². The van der Waals surface area contributed by atoms with Crippen molar-refractivity contribution in [2.24, 2.45) is 5.73 Å². The minimum Gasteiger partial charge on any atom is -0.462 e. The zero-order chi connectivity index (χ0) is 8.27. The van der Waals surface area contributed by atoms with Crippen molar-refractivity contribution in [3.05, 3.63) is 12.0 Å². The minimum atomic E-state index is -0.719. The Balaban J connectivity index is 2.35. The Morgan fingerprint density at radius 3 is 3.09 bits per heavy atom. The molecule has 0 radical (unpaired) electrons. The molecule has 0 spiro atoms. The molecular formula is C6H8ClNO3.